The van der Waals surface area contributed by atoms with Crippen LogP contribution in [0.2, 0.25) is 0 Å². The van der Waals surface area contributed by atoms with Crippen LogP contribution in [0.1, 0.15) is 18.4 Å². The van der Waals surface area contributed by atoms with Crippen LogP contribution in [-0.2, 0) is 25.6 Å². The number of hydrogen-bond donors (Lipinski definition) is 6. The normalized spacial score (nSPS) is 13.4. The van der Waals surface area contributed by atoms with Gasteiger partial charge >= 0.3 is 5.97 Å². The summed E-state index contributed by atoms with van der Waals surface area (Å²) in [6.45, 7) is -0.567. The first-order valence-electron chi connectivity index (χ1n) is 10.3. The Morgan fingerprint density at radius 1 is 0.909 bits per heavy atom. The summed E-state index contributed by atoms with van der Waals surface area (Å²) in [5, 5.41) is 25.9. The zero-order chi connectivity index (χ0) is 24.8. The summed E-state index contributed by atoms with van der Waals surface area (Å²) in [6, 6.07) is 3.41. The maximum Gasteiger partial charge on any atom is 0.322 e. The highest BCUT2D eigenvalue weighted by Gasteiger charge is 2.28. The molecular formula is C21H32N4O6S2. The number of carbonyl (C=O) groups is 4. The number of nitrogens with two attached hydrogens (primary N) is 1. The van der Waals surface area contributed by atoms with Crippen molar-refractivity contribution < 1.29 is 29.4 Å². The van der Waals surface area contributed by atoms with Crippen molar-refractivity contribution in [1.29, 1.82) is 0 Å². The summed E-state index contributed by atoms with van der Waals surface area (Å²) in [5.74, 6) is -1.59. The van der Waals surface area contributed by atoms with Gasteiger partial charge in [-0.25, -0.2) is 0 Å². The average Bonchev–Trinajstić information content (AvgIpc) is 2.79. The third kappa shape index (κ3) is 11.3. The van der Waals surface area contributed by atoms with Crippen molar-refractivity contribution in [2.75, 3.05) is 30.6 Å². The van der Waals surface area contributed by atoms with Gasteiger partial charge in [0.1, 0.15) is 24.4 Å². The molecule has 0 aromatic heterocycles. The molecule has 0 aliphatic carbocycles. The second kappa shape index (κ2) is 15.4. The Balaban J connectivity index is 2.99. The minimum absolute atomic E-state index is 0.0649. The predicted octanol–water partition coefficient (Wildman–Crippen LogP) is -0.0614. The molecule has 0 heterocycles. The summed E-state index contributed by atoms with van der Waals surface area (Å²) in [5.41, 5.74) is 6.62. The smallest absolute Gasteiger partial charge is 0.322 e. The topological polar surface area (TPSA) is 171 Å². The molecule has 33 heavy (non-hydrogen) atoms. The largest absolute Gasteiger partial charge is 0.508 e. The van der Waals surface area contributed by atoms with E-state index in [1.165, 1.54) is 23.9 Å². The van der Waals surface area contributed by atoms with Gasteiger partial charge in [0.25, 0.3) is 0 Å². The molecule has 0 bridgehead atoms. The van der Waals surface area contributed by atoms with Crippen LogP contribution < -0.4 is 21.7 Å². The SMILES string of the molecule is CSCCC(N)C(=O)NC(Cc1ccc(O)cc1)C(=O)NC(CCSC)C(=O)NCC(=O)O. The number of nitrogens with one attached hydrogen (secondary N) is 3. The summed E-state index contributed by atoms with van der Waals surface area (Å²) >= 11 is 3.02. The van der Waals surface area contributed by atoms with E-state index in [-0.39, 0.29) is 18.6 Å². The Hall–Kier alpha value is -2.44. The van der Waals surface area contributed by atoms with Crippen molar-refractivity contribution in [1.82, 2.24) is 16.0 Å². The molecule has 0 spiro atoms. The first kappa shape index (κ1) is 28.6. The molecule has 10 nitrogen and oxygen atoms in total. The van der Waals surface area contributed by atoms with E-state index in [1.807, 2.05) is 12.5 Å². The highest BCUT2D eigenvalue weighted by molar-refractivity contribution is 7.98. The highest BCUT2D eigenvalue weighted by Crippen LogP contribution is 2.12. The van der Waals surface area contributed by atoms with Crippen LogP contribution in [0.25, 0.3) is 0 Å². The fourth-order valence-corrected chi connectivity index (χ4v) is 3.76. The lowest BCUT2D eigenvalue weighted by Gasteiger charge is -2.24. The Bertz CT molecular complexity index is 793. The summed E-state index contributed by atoms with van der Waals surface area (Å²) in [4.78, 5) is 48.8. The van der Waals surface area contributed by atoms with E-state index in [9.17, 15) is 24.3 Å². The van der Waals surface area contributed by atoms with Crippen LogP contribution in [0.4, 0.5) is 0 Å². The van der Waals surface area contributed by atoms with Gasteiger partial charge in [0, 0.05) is 6.42 Å². The minimum Gasteiger partial charge on any atom is -0.508 e. The van der Waals surface area contributed by atoms with Crippen molar-refractivity contribution in [3.05, 3.63) is 29.8 Å². The number of thioether (sulfide) groups is 2. The molecule has 0 fully saturated rings. The van der Waals surface area contributed by atoms with Crippen LogP contribution in [0, 0.1) is 0 Å². The number of aliphatic carboxylic acids is 1. The Morgan fingerprint density at radius 3 is 2.06 bits per heavy atom. The fraction of sp³-hybridized carbons (Fsp3) is 0.524. The Morgan fingerprint density at radius 2 is 1.48 bits per heavy atom. The van der Waals surface area contributed by atoms with Crippen LogP contribution >= 0.6 is 23.5 Å². The third-order valence-corrected chi connectivity index (χ3v) is 5.92. The molecule has 3 atom stereocenters. The molecule has 184 valence electrons. The van der Waals surface area contributed by atoms with Gasteiger partial charge in [-0.3, -0.25) is 19.2 Å². The van der Waals surface area contributed by atoms with Gasteiger partial charge in [-0.1, -0.05) is 12.1 Å². The first-order valence-corrected chi connectivity index (χ1v) is 13.1. The van der Waals surface area contributed by atoms with Crippen LogP contribution in [-0.4, -0.2) is 82.6 Å². The molecule has 0 aliphatic rings. The van der Waals surface area contributed by atoms with Gasteiger partial charge in [-0.15, -0.1) is 0 Å². The number of phenols is 1. The lowest BCUT2D eigenvalue weighted by atomic mass is 10.0. The van der Waals surface area contributed by atoms with Gasteiger partial charge in [-0.05, 0) is 54.6 Å². The van der Waals surface area contributed by atoms with Gasteiger partial charge in [-0.2, -0.15) is 23.5 Å². The predicted molar refractivity (Wildman–Crippen MR) is 130 cm³/mol. The lowest BCUT2D eigenvalue weighted by molar-refractivity contribution is -0.138. The molecule has 1 aromatic rings. The first-order chi connectivity index (χ1) is 15.7. The number of benzene rings is 1. The number of amides is 3. The van der Waals surface area contributed by atoms with E-state index < -0.39 is 48.4 Å². The maximum atomic E-state index is 13.1. The van der Waals surface area contributed by atoms with Gasteiger partial charge in [0.05, 0.1) is 6.04 Å². The van der Waals surface area contributed by atoms with Crippen molar-refractivity contribution in [2.45, 2.75) is 37.4 Å². The molecular weight excluding hydrogens is 468 g/mol. The van der Waals surface area contributed by atoms with Crippen molar-refractivity contribution >= 4 is 47.2 Å². The van der Waals surface area contributed by atoms with Crippen molar-refractivity contribution in [3.63, 3.8) is 0 Å². The number of carboxylic acids is 1. The Kier molecular flexibility index (Phi) is 13.3. The monoisotopic (exact) mass is 500 g/mol. The summed E-state index contributed by atoms with van der Waals surface area (Å²) in [7, 11) is 0. The zero-order valence-corrected chi connectivity index (χ0v) is 20.3. The third-order valence-electron chi connectivity index (χ3n) is 4.64. The molecule has 3 unspecified atom stereocenters. The van der Waals surface area contributed by atoms with Gasteiger partial charge in [0.15, 0.2) is 0 Å². The van der Waals surface area contributed by atoms with Crippen molar-refractivity contribution in [3.8, 4) is 5.75 Å². The number of rotatable bonds is 15. The molecule has 0 saturated heterocycles. The number of aromatic hydroxyl groups is 1. The fourth-order valence-electron chi connectivity index (χ4n) is 2.79. The van der Waals surface area contributed by atoms with E-state index in [2.05, 4.69) is 16.0 Å². The zero-order valence-electron chi connectivity index (χ0n) is 18.7. The lowest BCUT2D eigenvalue weighted by Crippen LogP contribution is -2.56. The van der Waals surface area contributed by atoms with Crippen LogP contribution in [0.15, 0.2) is 24.3 Å². The number of phenolic OH excluding ortho intramolecular Hbond substituents is 1. The average molecular weight is 501 g/mol. The van der Waals surface area contributed by atoms with E-state index in [1.54, 1.807) is 23.9 Å². The van der Waals surface area contributed by atoms with E-state index in [0.717, 1.165) is 0 Å². The molecule has 7 N–H and O–H groups in total. The van der Waals surface area contributed by atoms with Gasteiger partial charge < -0.3 is 31.9 Å². The quantitative estimate of drug-likeness (QED) is 0.193. The van der Waals surface area contributed by atoms with E-state index in [4.69, 9.17) is 10.8 Å². The van der Waals surface area contributed by atoms with Crippen molar-refractivity contribution in [2.24, 2.45) is 5.73 Å². The van der Waals surface area contributed by atoms with Crippen LogP contribution in [0.5, 0.6) is 5.75 Å². The Labute approximate surface area is 201 Å². The highest BCUT2D eigenvalue weighted by atomic mass is 32.2. The van der Waals surface area contributed by atoms with Crippen LogP contribution in [0.3, 0.4) is 0 Å². The second-order valence-corrected chi connectivity index (χ2v) is 9.25. The molecule has 3 amide bonds. The number of carboxylic acid groups (broad SMARTS) is 1. The molecule has 1 aromatic carbocycles. The second-order valence-electron chi connectivity index (χ2n) is 7.27. The summed E-state index contributed by atoms with van der Waals surface area (Å²) in [6.07, 6.45) is 4.58. The minimum atomic E-state index is -1.20. The number of carbonyl (C=O) groups excluding carboxylic acids is 3. The standard InChI is InChI=1S/C21H32N4O6S2/c1-32-9-7-15(22)19(29)25-17(11-13-3-5-14(26)6-4-13)21(31)24-16(8-10-33-2)20(30)23-12-18(27)28/h3-6,15-17,26H,7-12,22H2,1-2H3,(H,23,30)(H,24,31)(H,25,29)(H,27,28). The maximum absolute atomic E-state index is 13.1. The molecule has 0 aliphatic heterocycles. The summed E-state index contributed by atoms with van der Waals surface area (Å²) < 4.78 is 0. The van der Waals surface area contributed by atoms with E-state index in [0.29, 0.717) is 23.5 Å². The molecule has 0 saturated carbocycles. The number of hydrogen-bond acceptors (Lipinski definition) is 8. The molecule has 12 heteroatoms. The molecule has 0 radical (unpaired) electrons. The van der Waals surface area contributed by atoms with Gasteiger partial charge in [0.2, 0.25) is 17.7 Å². The van der Waals surface area contributed by atoms with E-state index >= 15 is 0 Å². The molecule has 1 rings (SSSR count).